The minimum atomic E-state index is -0.284. The van der Waals surface area contributed by atoms with Crippen molar-refractivity contribution in [2.75, 3.05) is 5.32 Å². The SMILES string of the molecule is N#CC(=C=N)c1nc2ccccc2nc1-[n+]1cccc(NC(=O)C=Cc2ccccc2)c1. The van der Waals surface area contributed by atoms with Crippen molar-refractivity contribution in [2.45, 2.75) is 0 Å². The highest BCUT2D eigenvalue weighted by atomic mass is 16.1. The number of hydrogen-bond donors (Lipinski definition) is 2. The molecule has 4 rings (SSSR count). The Kier molecular flexibility index (Phi) is 5.89. The first-order chi connectivity index (χ1) is 15.7. The number of aromatic nitrogens is 3. The summed E-state index contributed by atoms with van der Waals surface area (Å²) < 4.78 is 1.65. The number of anilines is 1. The number of pyridine rings is 1. The summed E-state index contributed by atoms with van der Waals surface area (Å²) in [5.74, 6) is 2.21. The number of nitrogens with one attached hydrogen (secondary N) is 2. The van der Waals surface area contributed by atoms with Crippen molar-refractivity contribution >= 4 is 40.1 Å². The van der Waals surface area contributed by atoms with Crippen LogP contribution in [-0.2, 0) is 4.79 Å². The fourth-order valence-electron chi connectivity index (χ4n) is 3.08. The molecule has 0 aliphatic rings. The van der Waals surface area contributed by atoms with Gasteiger partial charge in [0.2, 0.25) is 11.4 Å². The molecule has 7 nitrogen and oxygen atoms in total. The fraction of sp³-hybridized carbons (Fsp3) is 0. The number of benzene rings is 2. The van der Waals surface area contributed by atoms with Gasteiger partial charge in [-0.05, 0) is 46.8 Å². The first-order valence-electron chi connectivity index (χ1n) is 9.70. The predicted molar refractivity (Wildman–Crippen MR) is 122 cm³/mol. The van der Waals surface area contributed by atoms with Crippen LogP contribution in [0.25, 0.3) is 28.5 Å². The lowest BCUT2D eigenvalue weighted by molar-refractivity contribution is -0.599. The topological polar surface area (TPSA) is 106 Å². The Hall–Kier alpha value is -4.92. The lowest BCUT2D eigenvalue weighted by atomic mass is 10.2. The molecule has 2 heterocycles. The number of para-hydroxylation sites is 2. The number of nitrogens with zero attached hydrogens (tertiary/aromatic N) is 4. The van der Waals surface area contributed by atoms with Crippen LogP contribution < -0.4 is 9.88 Å². The van der Waals surface area contributed by atoms with E-state index in [1.807, 2.05) is 54.6 Å². The average molecular weight is 417 g/mol. The van der Waals surface area contributed by atoms with E-state index in [0.29, 0.717) is 22.5 Å². The van der Waals surface area contributed by atoms with E-state index >= 15 is 0 Å². The van der Waals surface area contributed by atoms with Gasteiger partial charge in [-0.2, -0.15) is 9.83 Å². The van der Waals surface area contributed by atoms with Crippen molar-refractivity contribution in [2.24, 2.45) is 0 Å². The van der Waals surface area contributed by atoms with Gasteiger partial charge < -0.3 is 5.32 Å². The zero-order valence-corrected chi connectivity index (χ0v) is 16.9. The number of rotatable bonds is 5. The normalized spacial score (nSPS) is 10.5. The van der Waals surface area contributed by atoms with Crippen LogP contribution in [0.1, 0.15) is 11.3 Å². The van der Waals surface area contributed by atoms with Crippen LogP contribution in [0.15, 0.2) is 85.2 Å². The Balaban J connectivity index is 1.69. The van der Waals surface area contributed by atoms with E-state index in [-0.39, 0.29) is 17.2 Å². The monoisotopic (exact) mass is 417 g/mol. The van der Waals surface area contributed by atoms with Crippen molar-refractivity contribution in [1.29, 1.82) is 10.7 Å². The lowest BCUT2D eigenvalue weighted by Crippen LogP contribution is -2.33. The number of fused-ring (bicyclic) bond motifs is 1. The van der Waals surface area contributed by atoms with Crippen LogP contribution in [0, 0.1) is 16.7 Å². The Labute approximate surface area is 184 Å². The number of nitriles is 1. The molecule has 2 N–H and O–H groups in total. The van der Waals surface area contributed by atoms with E-state index in [0.717, 1.165) is 5.56 Å². The largest absolute Gasteiger partial charge is 0.356 e. The second-order valence-corrected chi connectivity index (χ2v) is 6.73. The molecule has 2 aromatic heterocycles. The molecule has 152 valence electrons. The minimum Gasteiger partial charge on any atom is -0.319 e. The maximum atomic E-state index is 12.4. The number of carbonyl (C=O) groups is 1. The first kappa shape index (κ1) is 20.4. The number of hydrogen-bond acceptors (Lipinski definition) is 5. The van der Waals surface area contributed by atoms with Crippen molar-refractivity contribution < 1.29 is 9.36 Å². The average Bonchev–Trinajstić information content (AvgIpc) is 2.84. The maximum Gasteiger partial charge on any atom is 0.356 e. The predicted octanol–water partition coefficient (Wildman–Crippen LogP) is 3.71. The molecular weight excluding hydrogens is 400 g/mol. The van der Waals surface area contributed by atoms with Crippen molar-refractivity contribution in [3.8, 4) is 11.9 Å². The summed E-state index contributed by atoms with van der Waals surface area (Å²) in [6.07, 6.45) is 6.60. The molecule has 0 fully saturated rings. The third kappa shape index (κ3) is 4.46. The summed E-state index contributed by atoms with van der Waals surface area (Å²) in [6, 6.07) is 22.2. The third-order valence-corrected chi connectivity index (χ3v) is 4.57. The molecule has 0 saturated carbocycles. The van der Waals surface area contributed by atoms with Crippen LogP contribution in [0.4, 0.5) is 5.69 Å². The molecule has 0 saturated heterocycles. The highest BCUT2D eigenvalue weighted by Gasteiger charge is 2.23. The Morgan fingerprint density at radius 2 is 1.72 bits per heavy atom. The molecule has 0 spiro atoms. The first-order valence-corrected chi connectivity index (χ1v) is 9.70. The van der Waals surface area contributed by atoms with E-state index in [4.69, 9.17) is 5.41 Å². The second-order valence-electron chi connectivity index (χ2n) is 6.73. The van der Waals surface area contributed by atoms with Gasteiger partial charge in [-0.15, -0.1) is 0 Å². The van der Waals surface area contributed by atoms with Crippen molar-refractivity contribution in [3.63, 3.8) is 0 Å². The molecule has 0 radical (unpaired) electrons. The van der Waals surface area contributed by atoms with Crippen LogP contribution in [-0.4, -0.2) is 21.7 Å². The molecule has 0 aliphatic carbocycles. The summed E-state index contributed by atoms with van der Waals surface area (Å²) in [5, 5.41) is 19.7. The van der Waals surface area contributed by atoms with Gasteiger partial charge in [0.15, 0.2) is 5.69 Å². The fourth-order valence-corrected chi connectivity index (χ4v) is 3.08. The van der Waals surface area contributed by atoms with E-state index in [2.05, 4.69) is 21.2 Å². The second kappa shape index (κ2) is 9.26. The zero-order chi connectivity index (χ0) is 22.3. The van der Waals surface area contributed by atoms with Crippen molar-refractivity contribution in [3.05, 3.63) is 96.5 Å². The van der Waals surface area contributed by atoms with Crippen molar-refractivity contribution in [1.82, 2.24) is 9.97 Å². The van der Waals surface area contributed by atoms with Gasteiger partial charge in [0.1, 0.15) is 23.4 Å². The van der Waals surface area contributed by atoms with E-state index in [9.17, 15) is 10.1 Å². The lowest BCUT2D eigenvalue weighted by Gasteiger charge is -2.05. The summed E-state index contributed by atoms with van der Waals surface area (Å²) in [7, 11) is 0. The summed E-state index contributed by atoms with van der Waals surface area (Å²) >= 11 is 0. The quantitative estimate of drug-likeness (QED) is 0.223. The molecule has 1 amide bonds. The zero-order valence-electron chi connectivity index (χ0n) is 16.9. The Morgan fingerprint density at radius 3 is 2.44 bits per heavy atom. The van der Waals surface area contributed by atoms with Gasteiger partial charge in [-0.25, -0.2) is 4.98 Å². The Morgan fingerprint density at radius 1 is 1.00 bits per heavy atom. The van der Waals surface area contributed by atoms with Gasteiger partial charge in [-0.3, -0.25) is 10.2 Å². The van der Waals surface area contributed by atoms with Crippen LogP contribution >= 0.6 is 0 Å². The molecule has 0 aliphatic heterocycles. The molecule has 0 bridgehead atoms. The van der Waals surface area contributed by atoms with Gasteiger partial charge >= 0.3 is 5.82 Å². The number of carbonyl (C=O) groups excluding carboxylic acids is 1. The van der Waals surface area contributed by atoms with E-state index in [1.165, 1.54) is 6.08 Å². The third-order valence-electron chi connectivity index (χ3n) is 4.57. The Bertz CT molecular complexity index is 1430. The molecule has 7 heteroatoms. The van der Waals surface area contributed by atoms with E-state index < -0.39 is 0 Å². The van der Waals surface area contributed by atoms with Crippen LogP contribution in [0.3, 0.4) is 0 Å². The smallest absolute Gasteiger partial charge is 0.319 e. The molecule has 0 unspecified atom stereocenters. The highest BCUT2D eigenvalue weighted by Crippen LogP contribution is 2.18. The van der Waals surface area contributed by atoms with E-state index in [1.54, 1.807) is 41.2 Å². The summed E-state index contributed by atoms with van der Waals surface area (Å²) in [6.45, 7) is 0. The maximum absolute atomic E-state index is 12.4. The van der Waals surface area contributed by atoms with Crippen LogP contribution in [0.2, 0.25) is 0 Å². The molecule has 32 heavy (non-hydrogen) atoms. The summed E-state index contributed by atoms with van der Waals surface area (Å²) in [4.78, 5) is 21.5. The number of allylic oxidation sites excluding steroid dienone is 1. The molecular formula is C25H17N6O+. The molecule has 0 atom stereocenters. The van der Waals surface area contributed by atoms with Gasteiger partial charge in [0.25, 0.3) is 0 Å². The minimum absolute atomic E-state index is 0.0361. The summed E-state index contributed by atoms with van der Waals surface area (Å²) in [5.41, 5.74) is 2.90. The molecule has 4 aromatic rings. The standard InChI is InChI=1S/C25H16N6O/c26-15-19(16-27)24-25(30-22-11-5-4-10-21(22)29-24)31-14-6-9-20(17-31)28-23(32)13-12-18-7-2-1-3-8-18/h1-14,17,26H/p+1. The van der Waals surface area contributed by atoms with Gasteiger partial charge in [0.05, 0.1) is 11.9 Å². The number of amides is 1. The van der Waals surface area contributed by atoms with Gasteiger partial charge in [-0.1, -0.05) is 42.5 Å². The molecule has 2 aromatic carbocycles. The van der Waals surface area contributed by atoms with Crippen LogP contribution in [0.5, 0.6) is 0 Å². The highest BCUT2D eigenvalue weighted by molar-refractivity contribution is 6.01. The van der Waals surface area contributed by atoms with Gasteiger partial charge in [0, 0.05) is 6.08 Å².